The number of thioether (sulfide) groups is 1. The largest absolute Gasteiger partial charge is 0.416 e. The van der Waals surface area contributed by atoms with Gasteiger partial charge in [0.25, 0.3) is 0 Å². The van der Waals surface area contributed by atoms with Crippen molar-refractivity contribution in [2.24, 2.45) is 0 Å². The van der Waals surface area contributed by atoms with Crippen molar-refractivity contribution < 1.29 is 13.2 Å². The third kappa shape index (κ3) is 3.69. The van der Waals surface area contributed by atoms with Crippen molar-refractivity contribution in [3.05, 3.63) is 44.2 Å². The van der Waals surface area contributed by atoms with Crippen LogP contribution in [0.15, 0.2) is 28.0 Å². The molecule has 12 heteroatoms. The van der Waals surface area contributed by atoms with Crippen LogP contribution in [-0.2, 0) is 6.18 Å². The van der Waals surface area contributed by atoms with E-state index in [2.05, 4.69) is 31.0 Å². The average molecular weight is 497 g/mol. The molecule has 2 aromatic heterocycles. The molecule has 1 aromatic carbocycles. The highest BCUT2D eigenvalue weighted by molar-refractivity contribution is 9.10. The number of alkyl halides is 3. The van der Waals surface area contributed by atoms with Gasteiger partial charge in [-0.25, -0.2) is 9.67 Å². The molecule has 5 nitrogen and oxygen atoms in total. The maximum Gasteiger partial charge on any atom is 0.416 e. The smallest absolute Gasteiger partial charge is 0.331 e. The van der Waals surface area contributed by atoms with Crippen LogP contribution in [0, 0.1) is 11.3 Å². The summed E-state index contributed by atoms with van der Waals surface area (Å²) in [6, 6.07) is 3.52. The Morgan fingerprint density at radius 2 is 1.93 bits per heavy atom. The van der Waals surface area contributed by atoms with Crippen molar-refractivity contribution in [1.82, 2.24) is 19.7 Å². The topological polar surface area (TPSA) is 70.3 Å². The summed E-state index contributed by atoms with van der Waals surface area (Å²) in [5.41, 5.74) is -0.131. The molecule has 0 aliphatic rings. The minimum atomic E-state index is -4.57. The predicted octanol–water partition coefficient (Wildman–Crippen LogP) is 5.94. The van der Waals surface area contributed by atoms with Crippen LogP contribution in [0.2, 0.25) is 10.0 Å². The first-order valence-electron chi connectivity index (χ1n) is 7.02. The third-order valence-corrected chi connectivity index (χ3v) is 5.42. The lowest BCUT2D eigenvalue weighted by atomic mass is 10.2. The van der Waals surface area contributed by atoms with E-state index in [0.717, 1.165) is 12.1 Å². The maximum absolute atomic E-state index is 12.9. The molecular formula is C15H7BrCl2F3N5S. The molecule has 27 heavy (non-hydrogen) atoms. The lowest BCUT2D eigenvalue weighted by Gasteiger charge is -2.14. The van der Waals surface area contributed by atoms with Crippen LogP contribution >= 0.6 is 50.9 Å². The van der Waals surface area contributed by atoms with Gasteiger partial charge in [-0.15, -0.1) is 11.8 Å². The first-order chi connectivity index (χ1) is 12.7. The van der Waals surface area contributed by atoms with E-state index in [0.29, 0.717) is 21.0 Å². The lowest BCUT2D eigenvalue weighted by Crippen LogP contribution is -2.07. The molecule has 0 spiro atoms. The summed E-state index contributed by atoms with van der Waals surface area (Å²) in [5.74, 6) is 0.369. The molecule has 3 aromatic rings. The van der Waals surface area contributed by atoms with E-state index in [1.807, 2.05) is 6.07 Å². The van der Waals surface area contributed by atoms with Gasteiger partial charge in [0, 0.05) is 0 Å². The average Bonchev–Trinajstić information content (AvgIpc) is 3.16. The first kappa shape index (κ1) is 20.1. The Hall–Kier alpha value is -1.67. The Morgan fingerprint density at radius 3 is 2.41 bits per heavy atom. The number of benzene rings is 1. The van der Waals surface area contributed by atoms with Gasteiger partial charge in [0.2, 0.25) is 0 Å². The van der Waals surface area contributed by atoms with E-state index >= 15 is 0 Å². The van der Waals surface area contributed by atoms with E-state index in [1.54, 1.807) is 6.26 Å². The number of nitrogens with zero attached hydrogens (tertiary/aromatic N) is 4. The van der Waals surface area contributed by atoms with Crippen LogP contribution in [0.4, 0.5) is 13.2 Å². The fraction of sp³-hybridized carbons (Fsp3) is 0.133. The lowest BCUT2D eigenvalue weighted by molar-refractivity contribution is -0.137. The molecular weight excluding hydrogens is 490 g/mol. The fourth-order valence-corrected chi connectivity index (χ4v) is 4.03. The number of imidazole rings is 1. The summed E-state index contributed by atoms with van der Waals surface area (Å²) < 4.78 is 40.6. The van der Waals surface area contributed by atoms with Crippen LogP contribution in [-0.4, -0.2) is 26.0 Å². The number of H-pyrrole nitrogens is 1. The van der Waals surface area contributed by atoms with Crippen LogP contribution in [0.1, 0.15) is 11.3 Å². The standard InChI is InChI=1S/C15H7BrCl2F3N5S/c1-27-14-7(13-24-10(4-22)12(16)25-13)5-23-26(14)11-8(17)2-6(3-9(11)18)15(19,20)21/h2-3,5H,1H3,(H,24,25). The predicted molar refractivity (Wildman–Crippen MR) is 100 cm³/mol. The number of aromatic nitrogens is 4. The van der Waals surface area contributed by atoms with Crippen molar-refractivity contribution in [2.45, 2.75) is 11.2 Å². The van der Waals surface area contributed by atoms with Gasteiger partial charge in [-0.05, 0) is 34.3 Å². The van der Waals surface area contributed by atoms with E-state index < -0.39 is 11.7 Å². The van der Waals surface area contributed by atoms with Gasteiger partial charge in [0.05, 0.1) is 27.4 Å². The zero-order valence-corrected chi connectivity index (χ0v) is 17.1. The second-order valence-electron chi connectivity index (χ2n) is 5.13. The van der Waals surface area contributed by atoms with Gasteiger partial charge in [-0.1, -0.05) is 23.2 Å². The fourth-order valence-electron chi connectivity index (χ4n) is 2.34. The molecule has 0 saturated carbocycles. The van der Waals surface area contributed by atoms with E-state index in [-0.39, 0.29) is 21.4 Å². The molecule has 2 heterocycles. The van der Waals surface area contributed by atoms with Gasteiger partial charge in [0.15, 0.2) is 5.69 Å². The van der Waals surface area contributed by atoms with Crippen molar-refractivity contribution >= 4 is 50.9 Å². The monoisotopic (exact) mass is 495 g/mol. The third-order valence-electron chi connectivity index (χ3n) is 3.50. The Balaban J connectivity index is 2.17. The van der Waals surface area contributed by atoms with Gasteiger partial charge >= 0.3 is 6.18 Å². The number of aromatic amines is 1. The number of hydrogen-bond donors (Lipinski definition) is 1. The molecule has 3 rings (SSSR count). The number of nitrogens with one attached hydrogen (secondary N) is 1. The van der Waals surface area contributed by atoms with Crippen LogP contribution < -0.4 is 0 Å². The van der Waals surface area contributed by atoms with Crippen molar-refractivity contribution in [3.63, 3.8) is 0 Å². The highest BCUT2D eigenvalue weighted by Crippen LogP contribution is 2.40. The number of nitriles is 1. The number of rotatable bonds is 3. The zero-order valence-electron chi connectivity index (χ0n) is 13.2. The van der Waals surface area contributed by atoms with E-state index in [9.17, 15) is 13.2 Å². The molecule has 0 atom stereocenters. The number of hydrogen-bond acceptors (Lipinski definition) is 4. The van der Waals surface area contributed by atoms with Gasteiger partial charge in [0.1, 0.15) is 27.2 Å². The summed E-state index contributed by atoms with van der Waals surface area (Å²) in [6.07, 6.45) is -1.35. The van der Waals surface area contributed by atoms with Crippen LogP contribution in [0.25, 0.3) is 17.1 Å². The van der Waals surface area contributed by atoms with Gasteiger partial charge in [-0.3, -0.25) is 0 Å². The summed E-state index contributed by atoms with van der Waals surface area (Å²) in [7, 11) is 0. The zero-order chi connectivity index (χ0) is 19.9. The van der Waals surface area contributed by atoms with Crippen LogP contribution in [0.3, 0.4) is 0 Å². The second-order valence-corrected chi connectivity index (χ2v) is 7.53. The Labute approximate surface area is 173 Å². The number of halogens is 6. The van der Waals surface area contributed by atoms with Crippen molar-refractivity contribution in [2.75, 3.05) is 6.26 Å². The summed E-state index contributed by atoms with van der Waals surface area (Å²) in [5, 5.41) is 13.4. The first-order valence-corrected chi connectivity index (χ1v) is 9.79. The van der Waals surface area contributed by atoms with E-state index in [4.69, 9.17) is 28.5 Å². The Kier molecular flexibility index (Phi) is 5.49. The molecule has 0 fully saturated rings. The SMILES string of the molecule is CSc1c(-c2nc(C#N)c(Br)[nH]2)cnn1-c1c(Cl)cc(C(F)(F)F)cc1Cl. The van der Waals surface area contributed by atoms with E-state index in [1.165, 1.54) is 22.6 Å². The molecule has 0 bridgehead atoms. The highest BCUT2D eigenvalue weighted by Gasteiger charge is 2.32. The summed E-state index contributed by atoms with van der Waals surface area (Å²) in [4.78, 5) is 7.07. The second kappa shape index (κ2) is 7.39. The molecule has 0 amide bonds. The normalized spacial score (nSPS) is 11.6. The molecule has 0 radical (unpaired) electrons. The van der Waals surface area contributed by atoms with Crippen molar-refractivity contribution in [1.29, 1.82) is 5.26 Å². The molecule has 140 valence electrons. The van der Waals surface area contributed by atoms with Crippen LogP contribution in [0.5, 0.6) is 0 Å². The maximum atomic E-state index is 12.9. The van der Waals surface area contributed by atoms with Gasteiger partial charge < -0.3 is 4.98 Å². The molecule has 0 aliphatic carbocycles. The minimum absolute atomic E-state index is 0.119. The molecule has 0 saturated heterocycles. The highest BCUT2D eigenvalue weighted by atomic mass is 79.9. The summed E-state index contributed by atoms with van der Waals surface area (Å²) >= 11 is 16.6. The molecule has 0 unspecified atom stereocenters. The van der Waals surface area contributed by atoms with Gasteiger partial charge in [-0.2, -0.15) is 23.5 Å². The Bertz CT molecular complexity index is 1050. The minimum Gasteiger partial charge on any atom is -0.331 e. The molecule has 1 N–H and O–H groups in total. The Morgan fingerprint density at radius 1 is 1.30 bits per heavy atom. The summed E-state index contributed by atoms with van der Waals surface area (Å²) in [6.45, 7) is 0. The quantitative estimate of drug-likeness (QED) is 0.455. The molecule has 0 aliphatic heterocycles. The van der Waals surface area contributed by atoms with Crippen molar-refractivity contribution in [3.8, 4) is 23.1 Å².